The summed E-state index contributed by atoms with van der Waals surface area (Å²) in [6, 6.07) is 0.541. The summed E-state index contributed by atoms with van der Waals surface area (Å²) in [5.41, 5.74) is 0. The van der Waals surface area contributed by atoms with Crippen LogP contribution in [0.15, 0.2) is 4.52 Å². The molecule has 17 heavy (non-hydrogen) atoms. The van der Waals surface area contributed by atoms with Crippen molar-refractivity contribution < 1.29 is 9.26 Å². The fourth-order valence-electron chi connectivity index (χ4n) is 2.67. The third kappa shape index (κ3) is 2.35. The SMILES string of the molecule is CC1CC(c2nc(C3CCOC3)no2)CCN1. The van der Waals surface area contributed by atoms with Gasteiger partial charge in [0.2, 0.25) is 5.89 Å². The summed E-state index contributed by atoms with van der Waals surface area (Å²) in [4.78, 5) is 4.56. The first-order valence-corrected chi connectivity index (χ1v) is 6.47. The van der Waals surface area contributed by atoms with E-state index in [-0.39, 0.29) is 0 Å². The number of nitrogens with zero attached hydrogens (tertiary/aromatic N) is 2. The molecule has 0 amide bonds. The molecule has 0 aromatic carbocycles. The molecule has 1 N–H and O–H groups in total. The molecule has 3 unspecified atom stereocenters. The molecule has 1 aromatic heterocycles. The molecule has 0 radical (unpaired) electrons. The number of ether oxygens (including phenoxy) is 1. The van der Waals surface area contributed by atoms with Gasteiger partial charge in [-0.15, -0.1) is 0 Å². The molecule has 0 aliphatic carbocycles. The number of nitrogens with one attached hydrogen (secondary N) is 1. The van der Waals surface area contributed by atoms with Crippen molar-refractivity contribution in [3.8, 4) is 0 Å². The average Bonchev–Trinajstić information content (AvgIpc) is 3.00. The summed E-state index contributed by atoms with van der Waals surface area (Å²) in [5, 5.41) is 7.55. The Balaban J connectivity index is 1.70. The van der Waals surface area contributed by atoms with E-state index in [9.17, 15) is 0 Å². The number of hydrogen-bond donors (Lipinski definition) is 1. The predicted molar refractivity (Wildman–Crippen MR) is 61.9 cm³/mol. The molecular formula is C12H19N3O2. The first kappa shape index (κ1) is 11.2. The van der Waals surface area contributed by atoms with Crippen molar-refractivity contribution in [3.63, 3.8) is 0 Å². The van der Waals surface area contributed by atoms with Crippen LogP contribution in [0.5, 0.6) is 0 Å². The van der Waals surface area contributed by atoms with Gasteiger partial charge in [-0.2, -0.15) is 4.98 Å². The number of piperidine rings is 1. The van der Waals surface area contributed by atoms with E-state index in [2.05, 4.69) is 22.4 Å². The zero-order valence-corrected chi connectivity index (χ0v) is 10.2. The highest BCUT2D eigenvalue weighted by molar-refractivity contribution is 5.02. The highest BCUT2D eigenvalue weighted by Crippen LogP contribution is 2.29. The summed E-state index contributed by atoms with van der Waals surface area (Å²) in [5.74, 6) is 2.42. The molecule has 2 fully saturated rings. The van der Waals surface area contributed by atoms with E-state index in [1.54, 1.807) is 0 Å². The van der Waals surface area contributed by atoms with Crippen molar-refractivity contribution in [1.29, 1.82) is 0 Å². The lowest BCUT2D eigenvalue weighted by molar-refractivity contribution is 0.192. The number of hydrogen-bond acceptors (Lipinski definition) is 5. The Labute approximate surface area is 101 Å². The molecule has 0 saturated carbocycles. The highest BCUT2D eigenvalue weighted by atomic mass is 16.5. The summed E-state index contributed by atoms with van der Waals surface area (Å²) in [6.45, 7) is 4.80. The topological polar surface area (TPSA) is 60.2 Å². The van der Waals surface area contributed by atoms with E-state index in [1.165, 1.54) is 0 Å². The van der Waals surface area contributed by atoms with E-state index in [0.29, 0.717) is 17.9 Å². The molecule has 0 bridgehead atoms. The molecule has 2 aliphatic rings. The van der Waals surface area contributed by atoms with Crippen LogP contribution in [-0.4, -0.2) is 35.9 Å². The van der Waals surface area contributed by atoms with Crippen molar-refractivity contribution in [2.24, 2.45) is 0 Å². The van der Waals surface area contributed by atoms with Gasteiger partial charge in [0, 0.05) is 24.5 Å². The normalized spacial score (nSPS) is 34.1. The van der Waals surface area contributed by atoms with Gasteiger partial charge in [-0.1, -0.05) is 5.16 Å². The van der Waals surface area contributed by atoms with Gasteiger partial charge in [0.25, 0.3) is 0 Å². The van der Waals surface area contributed by atoms with E-state index in [4.69, 9.17) is 9.26 Å². The third-order valence-corrected chi connectivity index (χ3v) is 3.73. The standard InChI is InChI=1S/C12H19N3O2/c1-8-6-9(2-4-13-8)12-14-11(15-17-12)10-3-5-16-7-10/h8-10,13H,2-7H2,1H3. The molecule has 94 valence electrons. The minimum Gasteiger partial charge on any atom is -0.381 e. The Bertz CT molecular complexity index is 374. The molecule has 1 aromatic rings. The first-order chi connectivity index (χ1) is 8.33. The smallest absolute Gasteiger partial charge is 0.229 e. The fourth-order valence-corrected chi connectivity index (χ4v) is 2.67. The number of rotatable bonds is 2. The summed E-state index contributed by atoms with van der Waals surface area (Å²) >= 11 is 0. The van der Waals surface area contributed by atoms with Gasteiger partial charge in [0.15, 0.2) is 5.82 Å². The van der Waals surface area contributed by atoms with E-state index < -0.39 is 0 Å². The Morgan fingerprint density at radius 1 is 1.29 bits per heavy atom. The second kappa shape index (κ2) is 4.74. The van der Waals surface area contributed by atoms with Crippen molar-refractivity contribution in [2.75, 3.05) is 19.8 Å². The highest BCUT2D eigenvalue weighted by Gasteiger charge is 2.28. The maximum atomic E-state index is 5.42. The van der Waals surface area contributed by atoms with E-state index in [1.807, 2.05) is 0 Å². The van der Waals surface area contributed by atoms with Gasteiger partial charge in [0.1, 0.15) is 0 Å². The van der Waals surface area contributed by atoms with Crippen molar-refractivity contribution >= 4 is 0 Å². The summed E-state index contributed by atoms with van der Waals surface area (Å²) in [7, 11) is 0. The van der Waals surface area contributed by atoms with Gasteiger partial charge < -0.3 is 14.6 Å². The van der Waals surface area contributed by atoms with E-state index >= 15 is 0 Å². The zero-order chi connectivity index (χ0) is 11.7. The predicted octanol–water partition coefficient (Wildman–Crippen LogP) is 1.43. The molecule has 5 heteroatoms. The second-order valence-corrected chi connectivity index (χ2v) is 5.13. The van der Waals surface area contributed by atoms with Gasteiger partial charge in [-0.3, -0.25) is 0 Å². The van der Waals surface area contributed by atoms with Gasteiger partial charge in [-0.05, 0) is 32.7 Å². The minimum absolute atomic E-state index is 0.339. The summed E-state index contributed by atoms with van der Waals surface area (Å²) < 4.78 is 10.8. The lowest BCUT2D eigenvalue weighted by Gasteiger charge is -2.25. The van der Waals surface area contributed by atoms with Crippen LogP contribution in [0.3, 0.4) is 0 Å². The van der Waals surface area contributed by atoms with Crippen molar-refractivity contribution in [1.82, 2.24) is 15.5 Å². The average molecular weight is 237 g/mol. The maximum absolute atomic E-state index is 5.42. The van der Waals surface area contributed by atoms with Gasteiger partial charge >= 0.3 is 0 Å². The lowest BCUT2D eigenvalue weighted by Crippen LogP contribution is -2.34. The molecule has 3 rings (SSSR count). The maximum Gasteiger partial charge on any atom is 0.229 e. The Kier molecular flexibility index (Phi) is 3.11. The Morgan fingerprint density at radius 2 is 2.24 bits per heavy atom. The first-order valence-electron chi connectivity index (χ1n) is 6.47. The molecule has 3 atom stereocenters. The van der Waals surface area contributed by atoms with E-state index in [0.717, 1.165) is 50.7 Å². The van der Waals surface area contributed by atoms with Crippen LogP contribution in [0.2, 0.25) is 0 Å². The van der Waals surface area contributed by atoms with Crippen LogP contribution in [0.1, 0.15) is 49.7 Å². The molecule has 2 saturated heterocycles. The van der Waals surface area contributed by atoms with Crippen molar-refractivity contribution in [3.05, 3.63) is 11.7 Å². The fraction of sp³-hybridized carbons (Fsp3) is 0.833. The molecule has 5 nitrogen and oxygen atoms in total. The van der Waals surface area contributed by atoms with Gasteiger partial charge in [-0.25, -0.2) is 0 Å². The molecule has 3 heterocycles. The Hall–Kier alpha value is -0.940. The largest absolute Gasteiger partial charge is 0.381 e. The Morgan fingerprint density at radius 3 is 3.00 bits per heavy atom. The van der Waals surface area contributed by atoms with Crippen LogP contribution < -0.4 is 5.32 Å². The van der Waals surface area contributed by atoms with Crippen LogP contribution in [0, 0.1) is 0 Å². The van der Waals surface area contributed by atoms with Crippen LogP contribution in [-0.2, 0) is 4.74 Å². The van der Waals surface area contributed by atoms with Crippen LogP contribution in [0.25, 0.3) is 0 Å². The second-order valence-electron chi connectivity index (χ2n) is 5.13. The third-order valence-electron chi connectivity index (χ3n) is 3.73. The van der Waals surface area contributed by atoms with Gasteiger partial charge in [0.05, 0.1) is 6.61 Å². The molecule has 0 spiro atoms. The van der Waals surface area contributed by atoms with Crippen LogP contribution in [0.4, 0.5) is 0 Å². The summed E-state index contributed by atoms with van der Waals surface area (Å²) in [6.07, 6.45) is 3.19. The van der Waals surface area contributed by atoms with Crippen LogP contribution >= 0.6 is 0 Å². The quantitative estimate of drug-likeness (QED) is 0.843. The lowest BCUT2D eigenvalue weighted by atomic mass is 9.93. The minimum atomic E-state index is 0.339. The molecule has 2 aliphatic heterocycles. The zero-order valence-electron chi connectivity index (χ0n) is 10.2. The molecular weight excluding hydrogens is 218 g/mol. The monoisotopic (exact) mass is 237 g/mol. The number of aromatic nitrogens is 2. The van der Waals surface area contributed by atoms with Crippen molar-refractivity contribution in [2.45, 2.75) is 44.1 Å².